The van der Waals surface area contributed by atoms with E-state index in [-0.39, 0.29) is 11.8 Å². The summed E-state index contributed by atoms with van der Waals surface area (Å²) in [6.45, 7) is 1.62. The zero-order valence-corrected chi connectivity index (χ0v) is 16.4. The number of anilines is 2. The van der Waals surface area contributed by atoms with Crippen LogP contribution in [0.25, 0.3) is 15.9 Å². The summed E-state index contributed by atoms with van der Waals surface area (Å²) < 4.78 is 2.75. The molecule has 5 rings (SSSR count). The average molecular weight is 405 g/mol. The normalized spacial score (nSPS) is 16.8. The van der Waals surface area contributed by atoms with Gasteiger partial charge in [0.1, 0.15) is 6.33 Å². The maximum atomic E-state index is 12.8. The van der Waals surface area contributed by atoms with Crippen LogP contribution in [0.5, 0.6) is 0 Å². The fourth-order valence-electron chi connectivity index (χ4n) is 3.58. The number of nitrogens with zero attached hydrogens (tertiary/aromatic N) is 6. The lowest BCUT2D eigenvalue weighted by atomic mass is 9.97. The summed E-state index contributed by atoms with van der Waals surface area (Å²) in [5.41, 5.74) is 2.62. The standard InChI is InChI=1S/C20H19N7OS/c28-19(22-15-7-9-16(10-8-15)27-13-21-24-25-27)14-4-3-11-26(12-14)20-23-17-5-1-2-6-18(17)29-20/h1-2,5-10,13-14H,3-4,11-12H2,(H,22,28). The van der Waals surface area contributed by atoms with Crippen LogP contribution in [-0.4, -0.2) is 44.2 Å². The minimum absolute atomic E-state index is 0.0472. The Morgan fingerprint density at radius 3 is 2.79 bits per heavy atom. The van der Waals surface area contributed by atoms with Gasteiger partial charge < -0.3 is 10.2 Å². The molecule has 1 saturated heterocycles. The molecule has 0 radical (unpaired) electrons. The summed E-state index contributed by atoms with van der Waals surface area (Å²) in [6, 6.07) is 15.6. The second-order valence-corrected chi connectivity index (χ2v) is 8.05. The van der Waals surface area contributed by atoms with E-state index in [1.54, 1.807) is 16.0 Å². The number of benzene rings is 2. The molecule has 9 heteroatoms. The lowest BCUT2D eigenvalue weighted by molar-refractivity contribution is -0.120. The minimum atomic E-state index is -0.0602. The van der Waals surface area contributed by atoms with Crippen molar-refractivity contribution in [2.45, 2.75) is 12.8 Å². The minimum Gasteiger partial charge on any atom is -0.347 e. The van der Waals surface area contributed by atoms with Crippen LogP contribution in [0, 0.1) is 5.92 Å². The van der Waals surface area contributed by atoms with Crippen LogP contribution < -0.4 is 10.2 Å². The van der Waals surface area contributed by atoms with E-state index in [4.69, 9.17) is 4.98 Å². The number of carbonyl (C=O) groups excluding carboxylic acids is 1. The van der Waals surface area contributed by atoms with Crippen LogP contribution in [0.2, 0.25) is 0 Å². The molecule has 1 fully saturated rings. The van der Waals surface area contributed by atoms with Crippen LogP contribution in [0.15, 0.2) is 54.9 Å². The third-order valence-corrected chi connectivity index (χ3v) is 6.19. The maximum Gasteiger partial charge on any atom is 0.229 e. The number of rotatable bonds is 4. The highest BCUT2D eigenvalue weighted by Gasteiger charge is 2.27. The van der Waals surface area contributed by atoms with Crippen LogP contribution in [-0.2, 0) is 4.79 Å². The first-order chi connectivity index (χ1) is 14.3. The molecular weight excluding hydrogens is 386 g/mol. The number of tetrazole rings is 1. The topological polar surface area (TPSA) is 88.8 Å². The van der Waals surface area contributed by atoms with Gasteiger partial charge in [0.25, 0.3) is 0 Å². The van der Waals surface area contributed by atoms with Gasteiger partial charge in [-0.3, -0.25) is 4.79 Å². The number of carbonyl (C=O) groups is 1. The van der Waals surface area contributed by atoms with Crippen molar-refractivity contribution in [3.63, 3.8) is 0 Å². The Morgan fingerprint density at radius 1 is 1.14 bits per heavy atom. The van der Waals surface area contributed by atoms with Gasteiger partial charge in [0.05, 0.1) is 21.8 Å². The molecule has 4 aromatic rings. The number of amides is 1. The Kier molecular flexibility index (Phi) is 4.65. The summed E-state index contributed by atoms with van der Waals surface area (Å²) in [5.74, 6) is -0.0130. The van der Waals surface area contributed by atoms with Crippen molar-refractivity contribution < 1.29 is 4.79 Å². The maximum absolute atomic E-state index is 12.8. The molecule has 8 nitrogen and oxygen atoms in total. The predicted molar refractivity (Wildman–Crippen MR) is 112 cm³/mol. The van der Waals surface area contributed by atoms with Gasteiger partial charge in [0.15, 0.2) is 5.13 Å². The molecule has 146 valence electrons. The van der Waals surface area contributed by atoms with Gasteiger partial charge in [0.2, 0.25) is 5.91 Å². The molecule has 29 heavy (non-hydrogen) atoms. The fourth-order valence-corrected chi connectivity index (χ4v) is 4.58. The molecule has 2 aromatic heterocycles. The highest BCUT2D eigenvalue weighted by atomic mass is 32.1. The van der Waals surface area contributed by atoms with Crippen LogP contribution >= 0.6 is 11.3 Å². The van der Waals surface area contributed by atoms with Gasteiger partial charge >= 0.3 is 0 Å². The monoisotopic (exact) mass is 405 g/mol. The zero-order chi connectivity index (χ0) is 19.6. The number of hydrogen-bond donors (Lipinski definition) is 1. The van der Waals surface area contributed by atoms with Gasteiger partial charge in [-0.15, -0.1) is 5.10 Å². The number of piperidine rings is 1. The van der Waals surface area contributed by atoms with E-state index in [2.05, 4.69) is 31.8 Å². The largest absolute Gasteiger partial charge is 0.347 e. The summed E-state index contributed by atoms with van der Waals surface area (Å²) in [4.78, 5) is 19.8. The van der Waals surface area contributed by atoms with E-state index in [0.29, 0.717) is 6.54 Å². The summed E-state index contributed by atoms with van der Waals surface area (Å²) in [7, 11) is 0. The van der Waals surface area contributed by atoms with E-state index in [1.165, 1.54) is 11.0 Å². The number of para-hydroxylation sites is 1. The molecular formula is C20H19N7OS. The van der Waals surface area contributed by atoms with Gasteiger partial charge in [-0.1, -0.05) is 23.5 Å². The smallest absolute Gasteiger partial charge is 0.229 e. The third kappa shape index (κ3) is 3.68. The van der Waals surface area contributed by atoms with Gasteiger partial charge in [-0.2, -0.15) is 0 Å². The Balaban J connectivity index is 1.26. The van der Waals surface area contributed by atoms with Crippen molar-refractivity contribution in [3.8, 4) is 5.69 Å². The fraction of sp³-hybridized carbons (Fsp3) is 0.250. The number of nitrogens with one attached hydrogen (secondary N) is 1. The lowest BCUT2D eigenvalue weighted by Crippen LogP contribution is -2.40. The van der Waals surface area contributed by atoms with Gasteiger partial charge in [0, 0.05) is 18.8 Å². The van der Waals surface area contributed by atoms with Crippen LogP contribution in [0.4, 0.5) is 10.8 Å². The second-order valence-electron chi connectivity index (χ2n) is 7.04. The number of fused-ring (bicyclic) bond motifs is 1. The molecule has 1 N–H and O–H groups in total. The Labute approximate surface area is 171 Å². The van der Waals surface area contributed by atoms with Crippen molar-refractivity contribution in [1.82, 2.24) is 25.2 Å². The molecule has 0 saturated carbocycles. The molecule has 2 aromatic carbocycles. The van der Waals surface area contributed by atoms with Gasteiger partial charge in [-0.05, 0) is 59.7 Å². The molecule has 0 aliphatic carbocycles. The average Bonchev–Trinajstić information content (AvgIpc) is 3.44. The van der Waals surface area contributed by atoms with Crippen LogP contribution in [0.1, 0.15) is 12.8 Å². The zero-order valence-electron chi connectivity index (χ0n) is 15.6. The summed E-state index contributed by atoms with van der Waals surface area (Å²) in [6.07, 6.45) is 3.40. The van der Waals surface area contributed by atoms with Crippen molar-refractivity contribution in [2.75, 3.05) is 23.3 Å². The molecule has 0 bridgehead atoms. The number of thiazole rings is 1. The molecule has 1 aliphatic heterocycles. The number of aromatic nitrogens is 5. The molecule has 1 unspecified atom stereocenters. The Hall–Kier alpha value is -3.33. The van der Waals surface area contributed by atoms with E-state index < -0.39 is 0 Å². The first-order valence-electron chi connectivity index (χ1n) is 9.51. The van der Waals surface area contributed by atoms with E-state index in [0.717, 1.165) is 41.4 Å². The molecule has 1 aliphatic rings. The first kappa shape index (κ1) is 17.7. The summed E-state index contributed by atoms with van der Waals surface area (Å²) in [5, 5.41) is 15.2. The Bertz CT molecular complexity index is 1090. The highest BCUT2D eigenvalue weighted by Crippen LogP contribution is 2.31. The quantitative estimate of drug-likeness (QED) is 0.561. The first-order valence-corrected chi connectivity index (χ1v) is 10.3. The Morgan fingerprint density at radius 2 is 2.00 bits per heavy atom. The predicted octanol–water partition coefficient (Wildman–Crippen LogP) is 3.13. The van der Waals surface area contributed by atoms with Gasteiger partial charge in [-0.25, -0.2) is 9.67 Å². The molecule has 3 heterocycles. The van der Waals surface area contributed by atoms with E-state index >= 15 is 0 Å². The van der Waals surface area contributed by atoms with Crippen molar-refractivity contribution >= 4 is 38.3 Å². The third-order valence-electron chi connectivity index (χ3n) is 5.09. The molecule has 0 spiro atoms. The second kappa shape index (κ2) is 7.59. The van der Waals surface area contributed by atoms with E-state index in [9.17, 15) is 4.79 Å². The van der Waals surface area contributed by atoms with Crippen molar-refractivity contribution in [3.05, 3.63) is 54.9 Å². The van der Waals surface area contributed by atoms with Crippen molar-refractivity contribution in [1.29, 1.82) is 0 Å². The van der Waals surface area contributed by atoms with Crippen LogP contribution in [0.3, 0.4) is 0 Å². The SMILES string of the molecule is O=C(Nc1ccc(-n2cnnn2)cc1)C1CCCN(c2nc3ccccc3s2)C1. The highest BCUT2D eigenvalue weighted by molar-refractivity contribution is 7.22. The molecule has 1 amide bonds. The molecule has 1 atom stereocenters. The van der Waals surface area contributed by atoms with E-state index in [1.807, 2.05) is 42.5 Å². The van der Waals surface area contributed by atoms with Crippen molar-refractivity contribution in [2.24, 2.45) is 5.92 Å². The number of hydrogen-bond acceptors (Lipinski definition) is 7. The summed E-state index contributed by atoms with van der Waals surface area (Å²) >= 11 is 1.69. The lowest BCUT2D eigenvalue weighted by Gasteiger charge is -2.31.